The SMILES string of the molecule is CC(C)[N-]C(C)CC([N-]C(C)C)C(F)(F)F.[CH2-]C.[Zn]. The predicted octanol–water partition coefficient (Wildman–Crippen LogP) is 5.10. The van der Waals surface area contributed by atoms with Gasteiger partial charge in [0, 0.05) is 19.5 Å². The van der Waals surface area contributed by atoms with Crippen molar-refractivity contribution in [1.82, 2.24) is 0 Å². The van der Waals surface area contributed by atoms with Crippen LogP contribution in [-0.2, 0) is 19.5 Å². The van der Waals surface area contributed by atoms with Crippen LogP contribution in [0.1, 0.15) is 48.0 Å². The largest absolute Gasteiger partial charge is 0.657 e. The second-order valence-electron chi connectivity index (χ2n) is 4.63. The molecule has 19 heavy (non-hydrogen) atoms. The zero-order chi connectivity index (χ0) is 14.9. The minimum Gasteiger partial charge on any atom is -0.657 e. The smallest absolute Gasteiger partial charge is 0.373 e. The molecule has 2 atom stereocenters. The van der Waals surface area contributed by atoms with Crippen molar-refractivity contribution in [3.8, 4) is 0 Å². The summed E-state index contributed by atoms with van der Waals surface area (Å²) >= 11 is 0. The number of halogens is 3. The van der Waals surface area contributed by atoms with E-state index in [-0.39, 0.29) is 44.0 Å². The number of hydrogen-bond acceptors (Lipinski definition) is 0. The summed E-state index contributed by atoms with van der Waals surface area (Å²) < 4.78 is 37.9. The molecule has 0 heterocycles. The zero-order valence-corrected chi connectivity index (χ0v) is 15.9. The molecule has 0 aliphatic heterocycles. The van der Waals surface area contributed by atoms with Gasteiger partial charge in [-0.1, -0.05) is 41.0 Å². The van der Waals surface area contributed by atoms with E-state index >= 15 is 0 Å². The van der Waals surface area contributed by atoms with E-state index in [0.29, 0.717) is 0 Å². The van der Waals surface area contributed by atoms with Gasteiger partial charge in [0.25, 0.3) is 0 Å². The maximum absolute atomic E-state index is 12.6. The van der Waals surface area contributed by atoms with Crippen LogP contribution in [0.15, 0.2) is 0 Å². The molecule has 114 valence electrons. The van der Waals surface area contributed by atoms with E-state index in [9.17, 15) is 13.2 Å². The third-order valence-electron chi connectivity index (χ3n) is 1.97. The molecule has 0 rings (SSSR count). The van der Waals surface area contributed by atoms with Crippen LogP contribution in [0.25, 0.3) is 10.6 Å². The van der Waals surface area contributed by atoms with Crippen molar-refractivity contribution in [2.45, 2.75) is 78.3 Å². The topological polar surface area (TPSA) is 28.2 Å². The van der Waals surface area contributed by atoms with Gasteiger partial charge in [0.05, 0.1) is 0 Å². The van der Waals surface area contributed by atoms with Gasteiger partial charge in [-0.3, -0.25) is 0 Å². The Kier molecular flexibility index (Phi) is 15.5. The van der Waals surface area contributed by atoms with Gasteiger partial charge in [-0.15, -0.1) is 18.1 Å². The summed E-state index contributed by atoms with van der Waals surface area (Å²) in [5, 5.41) is 7.89. The van der Waals surface area contributed by atoms with Crippen LogP contribution in [0.4, 0.5) is 13.2 Å². The van der Waals surface area contributed by atoms with Crippen LogP contribution in [-0.4, -0.2) is 30.3 Å². The van der Waals surface area contributed by atoms with Crippen molar-refractivity contribution in [2.75, 3.05) is 0 Å². The van der Waals surface area contributed by atoms with Crippen LogP contribution in [0.5, 0.6) is 0 Å². The molecule has 0 aromatic carbocycles. The second kappa shape index (κ2) is 12.1. The molecule has 6 heteroatoms. The number of nitrogens with zero attached hydrogens (tertiary/aromatic N) is 2. The van der Waals surface area contributed by atoms with Crippen LogP contribution in [0, 0.1) is 6.92 Å². The monoisotopic (exact) mass is 331 g/mol. The fourth-order valence-corrected chi connectivity index (χ4v) is 1.53. The Morgan fingerprint density at radius 1 is 0.895 bits per heavy atom. The first-order chi connectivity index (χ1) is 8.12. The van der Waals surface area contributed by atoms with Gasteiger partial charge in [0.2, 0.25) is 0 Å². The van der Waals surface area contributed by atoms with Crippen molar-refractivity contribution >= 4 is 0 Å². The fourth-order valence-electron chi connectivity index (χ4n) is 1.53. The van der Waals surface area contributed by atoms with Crippen molar-refractivity contribution < 1.29 is 32.6 Å². The quantitative estimate of drug-likeness (QED) is 0.478. The Bertz CT molecular complexity index is 197. The molecular weight excluding hydrogens is 307 g/mol. The third kappa shape index (κ3) is 14.6. The molecule has 0 amide bonds. The van der Waals surface area contributed by atoms with E-state index in [4.69, 9.17) is 0 Å². The van der Waals surface area contributed by atoms with Gasteiger partial charge in [-0.05, 0) is 6.04 Å². The number of hydrogen-bond donors (Lipinski definition) is 0. The first kappa shape index (κ1) is 24.4. The van der Waals surface area contributed by atoms with Crippen molar-refractivity contribution in [3.05, 3.63) is 17.6 Å². The number of alkyl halides is 3. The molecule has 0 radical (unpaired) electrons. The molecule has 0 N–H and O–H groups in total. The summed E-state index contributed by atoms with van der Waals surface area (Å²) in [4.78, 5) is 0. The summed E-state index contributed by atoms with van der Waals surface area (Å²) in [7, 11) is 0. The maximum Gasteiger partial charge on any atom is 0.373 e. The average Bonchev–Trinajstić information content (AvgIpc) is 2.16. The molecule has 0 aliphatic carbocycles. The third-order valence-corrected chi connectivity index (χ3v) is 1.97. The molecule has 0 bridgehead atoms. The van der Waals surface area contributed by atoms with Gasteiger partial charge >= 0.3 is 6.18 Å². The van der Waals surface area contributed by atoms with Crippen LogP contribution in [0.3, 0.4) is 0 Å². The molecule has 0 saturated carbocycles. The normalized spacial score (nSPS) is 14.5. The molecule has 0 aliphatic rings. The summed E-state index contributed by atoms with van der Waals surface area (Å²) in [5.74, 6) is 0. The van der Waals surface area contributed by atoms with Crippen molar-refractivity contribution in [2.24, 2.45) is 0 Å². The fraction of sp³-hybridized carbons (Fsp3) is 0.923. The number of rotatable bonds is 6. The molecule has 2 nitrogen and oxygen atoms in total. The van der Waals surface area contributed by atoms with Crippen LogP contribution >= 0.6 is 0 Å². The Labute approximate surface area is 129 Å². The molecule has 0 saturated heterocycles. The summed E-state index contributed by atoms with van der Waals surface area (Å²) in [5.41, 5.74) is 0. The van der Waals surface area contributed by atoms with Gasteiger partial charge in [0.15, 0.2) is 0 Å². The van der Waals surface area contributed by atoms with Gasteiger partial charge < -0.3 is 17.6 Å². The molecule has 0 aromatic rings. The van der Waals surface area contributed by atoms with Crippen molar-refractivity contribution in [3.63, 3.8) is 0 Å². The standard InChI is InChI=1S/C11H21F3N2.C2H5.Zn/c1-7(2)15-9(5)6-10(11(12,13)14)16-8(3)4;1-2;/h7-10H,6H2,1-5H3;1H2,2H3;/q-2;-1;. The minimum absolute atomic E-state index is 0. The van der Waals surface area contributed by atoms with Gasteiger partial charge in [0.1, 0.15) is 0 Å². The zero-order valence-electron chi connectivity index (χ0n) is 13.0. The summed E-state index contributed by atoms with van der Waals surface area (Å²) in [6.07, 6.45) is -4.31. The first-order valence-corrected chi connectivity index (χ1v) is 6.30. The second-order valence-corrected chi connectivity index (χ2v) is 4.63. The molecular formula is C13H26F3N2Zn-3. The average molecular weight is 333 g/mol. The molecule has 2 unspecified atom stereocenters. The molecule has 0 aromatic heterocycles. The minimum atomic E-state index is -4.26. The van der Waals surface area contributed by atoms with Crippen molar-refractivity contribution in [1.29, 1.82) is 0 Å². The van der Waals surface area contributed by atoms with Gasteiger partial charge in [-0.2, -0.15) is 20.1 Å². The Balaban J connectivity index is -0.000000809. The predicted molar refractivity (Wildman–Crippen MR) is 71.9 cm³/mol. The Hall–Kier alpha value is 0.333. The Morgan fingerprint density at radius 3 is 1.53 bits per heavy atom. The van der Waals surface area contributed by atoms with Crippen LogP contribution < -0.4 is 0 Å². The summed E-state index contributed by atoms with van der Waals surface area (Å²) in [6, 6.07) is -2.15. The van der Waals surface area contributed by atoms with E-state index < -0.39 is 12.2 Å². The Morgan fingerprint density at radius 2 is 1.26 bits per heavy atom. The van der Waals surface area contributed by atoms with E-state index in [0.717, 1.165) is 0 Å². The van der Waals surface area contributed by atoms with E-state index in [1.807, 2.05) is 13.8 Å². The van der Waals surface area contributed by atoms with E-state index in [1.54, 1.807) is 27.7 Å². The molecule has 0 fully saturated rings. The van der Waals surface area contributed by atoms with Gasteiger partial charge in [-0.25, -0.2) is 0 Å². The first-order valence-electron chi connectivity index (χ1n) is 6.30. The van der Waals surface area contributed by atoms with E-state index in [2.05, 4.69) is 17.6 Å². The van der Waals surface area contributed by atoms with E-state index in [1.165, 1.54) is 0 Å². The summed E-state index contributed by atoms with van der Waals surface area (Å²) in [6.45, 7) is 13.7. The molecule has 0 spiro atoms. The maximum atomic E-state index is 12.6. The van der Waals surface area contributed by atoms with Crippen LogP contribution in [0.2, 0.25) is 0 Å².